The van der Waals surface area contributed by atoms with Crippen LogP contribution in [0.5, 0.6) is 0 Å². The maximum Gasteiger partial charge on any atom is 0.249 e. The lowest BCUT2D eigenvalue weighted by molar-refractivity contribution is -0.114. The predicted octanol–water partition coefficient (Wildman–Crippen LogP) is 0.632. The molecule has 0 aliphatic carbocycles. The standard InChI is InChI=1S/C7H10N2O/c1-3-4-9-5-6(2)7(8)10/h3-5H,2H2,1H3,(H2,8,10)/b4-3-,9-5?. The van der Waals surface area contributed by atoms with Gasteiger partial charge in [-0.25, -0.2) is 0 Å². The van der Waals surface area contributed by atoms with E-state index in [4.69, 9.17) is 5.73 Å². The molecule has 0 heterocycles. The fraction of sp³-hybridized carbons (Fsp3) is 0.143. The molecule has 0 spiro atoms. The molecule has 0 aromatic rings. The summed E-state index contributed by atoms with van der Waals surface area (Å²) >= 11 is 0. The third kappa shape index (κ3) is 3.60. The molecule has 3 nitrogen and oxygen atoms in total. The summed E-state index contributed by atoms with van der Waals surface area (Å²) in [6.07, 6.45) is 4.61. The second-order valence-corrected chi connectivity index (χ2v) is 1.65. The molecule has 0 saturated carbocycles. The van der Waals surface area contributed by atoms with Crippen molar-refractivity contribution in [3.63, 3.8) is 0 Å². The quantitative estimate of drug-likeness (QED) is 0.451. The molecule has 0 bridgehead atoms. The van der Waals surface area contributed by atoms with Gasteiger partial charge in [0.15, 0.2) is 0 Å². The van der Waals surface area contributed by atoms with E-state index in [0.717, 1.165) is 0 Å². The molecule has 0 radical (unpaired) electrons. The van der Waals surface area contributed by atoms with Gasteiger partial charge in [0.25, 0.3) is 0 Å². The fourth-order valence-corrected chi connectivity index (χ4v) is 0.283. The fourth-order valence-electron chi connectivity index (χ4n) is 0.283. The molecular formula is C7H10N2O. The van der Waals surface area contributed by atoms with Crippen LogP contribution in [0.4, 0.5) is 0 Å². The number of allylic oxidation sites excluding steroid dienone is 1. The lowest BCUT2D eigenvalue weighted by Crippen LogP contribution is -2.13. The predicted molar refractivity (Wildman–Crippen MR) is 41.6 cm³/mol. The van der Waals surface area contributed by atoms with Crippen LogP contribution in [0.15, 0.2) is 29.4 Å². The van der Waals surface area contributed by atoms with Gasteiger partial charge in [0.1, 0.15) is 0 Å². The Morgan fingerprint density at radius 2 is 2.30 bits per heavy atom. The zero-order chi connectivity index (χ0) is 7.98. The number of aliphatic imine (C=N–C) groups is 1. The first-order chi connectivity index (χ1) is 4.68. The number of nitrogens with two attached hydrogens (primary N) is 1. The second kappa shape index (κ2) is 4.49. The molecule has 2 N–H and O–H groups in total. The van der Waals surface area contributed by atoms with Crippen molar-refractivity contribution in [2.75, 3.05) is 0 Å². The monoisotopic (exact) mass is 138 g/mol. The summed E-state index contributed by atoms with van der Waals surface area (Å²) in [6.45, 7) is 5.19. The van der Waals surface area contributed by atoms with Gasteiger partial charge in [-0.15, -0.1) is 0 Å². The van der Waals surface area contributed by atoms with Crippen molar-refractivity contribution >= 4 is 12.1 Å². The zero-order valence-corrected chi connectivity index (χ0v) is 5.87. The lowest BCUT2D eigenvalue weighted by atomic mass is 10.3. The summed E-state index contributed by atoms with van der Waals surface area (Å²) in [5.74, 6) is -0.548. The first-order valence-electron chi connectivity index (χ1n) is 2.81. The summed E-state index contributed by atoms with van der Waals surface area (Å²) in [4.78, 5) is 14.0. The van der Waals surface area contributed by atoms with E-state index < -0.39 is 5.91 Å². The van der Waals surface area contributed by atoms with Crippen LogP contribution in [0, 0.1) is 0 Å². The van der Waals surface area contributed by atoms with Gasteiger partial charge in [-0.2, -0.15) is 0 Å². The molecule has 0 fully saturated rings. The van der Waals surface area contributed by atoms with Crippen LogP contribution in [-0.4, -0.2) is 12.1 Å². The molecule has 0 aromatic carbocycles. The van der Waals surface area contributed by atoms with E-state index in [2.05, 4.69) is 11.6 Å². The first-order valence-corrected chi connectivity index (χ1v) is 2.81. The van der Waals surface area contributed by atoms with Gasteiger partial charge >= 0.3 is 0 Å². The van der Waals surface area contributed by atoms with E-state index in [-0.39, 0.29) is 5.57 Å². The van der Waals surface area contributed by atoms with Crippen molar-refractivity contribution in [1.82, 2.24) is 0 Å². The third-order valence-corrected chi connectivity index (χ3v) is 0.782. The normalized spacial score (nSPS) is 10.9. The average molecular weight is 138 g/mol. The number of rotatable bonds is 3. The zero-order valence-electron chi connectivity index (χ0n) is 5.87. The van der Waals surface area contributed by atoms with Gasteiger partial charge in [-0.1, -0.05) is 12.7 Å². The highest BCUT2D eigenvalue weighted by molar-refractivity contribution is 6.10. The SMILES string of the molecule is C=C(C=N/C=C\C)C(N)=O. The Labute approximate surface area is 59.9 Å². The Morgan fingerprint density at radius 3 is 2.70 bits per heavy atom. The molecule has 0 atom stereocenters. The van der Waals surface area contributed by atoms with Crippen molar-refractivity contribution < 1.29 is 4.79 Å². The number of nitrogens with zero attached hydrogens (tertiary/aromatic N) is 1. The number of carbonyl (C=O) groups is 1. The molecule has 0 aliphatic heterocycles. The summed E-state index contributed by atoms with van der Waals surface area (Å²) in [6, 6.07) is 0. The topological polar surface area (TPSA) is 55.4 Å². The Bertz CT molecular complexity index is 192. The summed E-state index contributed by atoms with van der Waals surface area (Å²) < 4.78 is 0. The van der Waals surface area contributed by atoms with E-state index in [1.54, 1.807) is 12.3 Å². The minimum absolute atomic E-state index is 0.207. The number of hydrogen-bond donors (Lipinski definition) is 1. The van der Waals surface area contributed by atoms with Crippen LogP contribution in [0.25, 0.3) is 0 Å². The van der Waals surface area contributed by atoms with Gasteiger partial charge in [-0.3, -0.25) is 9.79 Å². The highest BCUT2D eigenvalue weighted by Crippen LogP contribution is 1.82. The van der Waals surface area contributed by atoms with E-state index in [1.807, 2.05) is 6.92 Å². The minimum atomic E-state index is -0.548. The number of primary amides is 1. The highest BCUT2D eigenvalue weighted by atomic mass is 16.1. The van der Waals surface area contributed by atoms with Gasteiger partial charge in [0.2, 0.25) is 5.91 Å². The van der Waals surface area contributed by atoms with Gasteiger partial charge in [0.05, 0.1) is 5.57 Å². The van der Waals surface area contributed by atoms with Crippen molar-refractivity contribution in [2.45, 2.75) is 6.92 Å². The van der Waals surface area contributed by atoms with Crippen LogP contribution in [0.1, 0.15) is 6.92 Å². The van der Waals surface area contributed by atoms with Crippen LogP contribution in [0.2, 0.25) is 0 Å². The van der Waals surface area contributed by atoms with E-state index in [0.29, 0.717) is 0 Å². The molecular weight excluding hydrogens is 128 g/mol. The van der Waals surface area contributed by atoms with Crippen LogP contribution in [-0.2, 0) is 4.79 Å². The molecule has 1 amide bonds. The molecule has 0 aromatic heterocycles. The van der Waals surface area contributed by atoms with Gasteiger partial charge in [0, 0.05) is 12.4 Å². The van der Waals surface area contributed by atoms with Crippen LogP contribution in [0.3, 0.4) is 0 Å². The number of hydrogen-bond acceptors (Lipinski definition) is 2. The first kappa shape index (κ1) is 8.62. The van der Waals surface area contributed by atoms with Crippen molar-refractivity contribution in [2.24, 2.45) is 10.7 Å². The third-order valence-electron chi connectivity index (χ3n) is 0.782. The largest absolute Gasteiger partial charge is 0.366 e. The van der Waals surface area contributed by atoms with Crippen molar-refractivity contribution in [3.8, 4) is 0 Å². The Balaban J connectivity index is 3.90. The Hall–Kier alpha value is -1.38. The van der Waals surface area contributed by atoms with Crippen LogP contribution < -0.4 is 5.73 Å². The summed E-state index contributed by atoms with van der Waals surface area (Å²) in [7, 11) is 0. The molecule has 10 heavy (non-hydrogen) atoms. The number of amides is 1. The number of carbonyl (C=O) groups excluding carboxylic acids is 1. The molecule has 54 valence electrons. The highest BCUT2D eigenvalue weighted by Gasteiger charge is 1.93. The second-order valence-electron chi connectivity index (χ2n) is 1.65. The molecule has 3 heteroatoms. The summed E-state index contributed by atoms with van der Waals surface area (Å²) in [5, 5.41) is 0. The van der Waals surface area contributed by atoms with E-state index >= 15 is 0 Å². The molecule has 0 unspecified atom stereocenters. The molecule has 0 aliphatic rings. The van der Waals surface area contributed by atoms with E-state index in [1.165, 1.54) is 6.21 Å². The van der Waals surface area contributed by atoms with Gasteiger partial charge in [-0.05, 0) is 6.92 Å². The minimum Gasteiger partial charge on any atom is -0.366 e. The Morgan fingerprint density at radius 1 is 1.70 bits per heavy atom. The van der Waals surface area contributed by atoms with E-state index in [9.17, 15) is 4.79 Å². The smallest absolute Gasteiger partial charge is 0.249 e. The Kier molecular flexibility index (Phi) is 3.87. The average Bonchev–Trinajstić information content (AvgIpc) is 1.88. The lowest BCUT2D eigenvalue weighted by Gasteiger charge is -1.86. The molecule has 0 rings (SSSR count). The van der Waals surface area contributed by atoms with Crippen LogP contribution >= 0.6 is 0 Å². The molecule has 0 saturated heterocycles. The maximum absolute atomic E-state index is 10.3. The van der Waals surface area contributed by atoms with Crippen molar-refractivity contribution in [3.05, 3.63) is 24.4 Å². The maximum atomic E-state index is 10.3. The summed E-state index contributed by atoms with van der Waals surface area (Å²) in [5.41, 5.74) is 5.07. The van der Waals surface area contributed by atoms with Crippen molar-refractivity contribution in [1.29, 1.82) is 0 Å². The van der Waals surface area contributed by atoms with Gasteiger partial charge < -0.3 is 5.73 Å².